The van der Waals surface area contributed by atoms with Gasteiger partial charge in [-0.3, -0.25) is 0 Å². The van der Waals surface area contributed by atoms with Crippen molar-refractivity contribution in [1.82, 2.24) is 10.6 Å². The van der Waals surface area contributed by atoms with Gasteiger partial charge in [0.2, 0.25) is 0 Å². The molecule has 2 rings (SSSR count). The lowest BCUT2D eigenvalue weighted by molar-refractivity contribution is 0.414. The maximum Gasteiger partial charge on any atom is 0.118 e. The SMILES string of the molecule is COc1ccc(C(=S)NCCNC(=S)c2ccc(OC)cc2)cc1. The van der Waals surface area contributed by atoms with Crippen LogP contribution in [0.2, 0.25) is 0 Å². The molecule has 0 amide bonds. The van der Waals surface area contributed by atoms with Crippen LogP contribution in [0.1, 0.15) is 11.1 Å². The smallest absolute Gasteiger partial charge is 0.118 e. The van der Waals surface area contributed by atoms with Crippen molar-refractivity contribution in [3.05, 3.63) is 59.7 Å². The molecule has 0 radical (unpaired) electrons. The summed E-state index contributed by atoms with van der Waals surface area (Å²) in [6.45, 7) is 1.36. The van der Waals surface area contributed by atoms with Gasteiger partial charge in [-0.1, -0.05) is 24.4 Å². The number of hydrogen-bond acceptors (Lipinski definition) is 4. The second-order valence-corrected chi connectivity index (χ2v) is 5.79. The minimum absolute atomic E-state index is 0.682. The summed E-state index contributed by atoms with van der Waals surface area (Å²) < 4.78 is 10.3. The molecule has 0 fully saturated rings. The summed E-state index contributed by atoms with van der Waals surface area (Å²) in [6.07, 6.45) is 0. The molecule has 2 N–H and O–H groups in total. The molecule has 0 aliphatic carbocycles. The standard InChI is InChI=1S/C18H20N2O2S2/c1-21-15-7-3-13(4-8-15)17(23)19-11-12-20-18(24)14-5-9-16(22-2)10-6-14/h3-10H,11-12H2,1-2H3,(H,19,23)(H,20,24). The molecular weight excluding hydrogens is 340 g/mol. The van der Waals surface area contributed by atoms with Crippen LogP contribution in [0.15, 0.2) is 48.5 Å². The van der Waals surface area contributed by atoms with Crippen molar-refractivity contribution >= 4 is 34.4 Å². The summed E-state index contributed by atoms with van der Waals surface area (Å²) in [7, 11) is 3.28. The molecular formula is C18H20N2O2S2. The van der Waals surface area contributed by atoms with Crippen LogP contribution in [-0.2, 0) is 0 Å². The lowest BCUT2D eigenvalue weighted by atomic mass is 10.2. The van der Waals surface area contributed by atoms with E-state index >= 15 is 0 Å². The van der Waals surface area contributed by atoms with Crippen molar-refractivity contribution in [2.75, 3.05) is 27.3 Å². The Balaban J connectivity index is 1.74. The third kappa shape index (κ3) is 5.18. The summed E-state index contributed by atoms with van der Waals surface area (Å²) >= 11 is 10.7. The highest BCUT2D eigenvalue weighted by atomic mass is 32.1. The van der Waals surface area contributed by atoms with Gasteiger partial charge >= 0.3 is 0 Å². The zero-order valence-electron chi connectivity index (χ0n) is 13.7. The molecule has 2 aromatic rings. The van der Waals surface area contributed by atoms with Gasteiger partial charge in [0.25, 0.3) is 0 Å². The van der Waals surface area contributed by atoms with Gasteiger partial charge in [0.1, 0.15) is 21.5 Å². The third-order valence-corrected chi connectivity index (χ3v) is 4.16. The molecule has 0 heterocycles. The molecule has 0 bridgehead atoms. The Hall–Kier alpha value is -2.18. The van der Waals surface area contributed by atoms with E-state index in [1.54, 1.807) is 14.2 Å². The molecule has 0 unspecified atom stereocenters. The average Bonchev–Trinajstić information content (AvgIpc) is 2.65. The molecule has 0 saturated heterocycles. The van der Waals surface area contributed by atoms with Crippen LogP contribution in [-0.4, -0.2) is 37.3 Å². The summed E-state index contributed by atoms with van der Waals surface area (Å²) in [5, 5.41) is 6.42. The number of rotatable bonds is 7. The normalized spacial score (nSPS) is 9.92. The summed E-state index contributed by atoms with van der Waals surface area (Å²) in [5.41, 5.74) is 1.92. The predicted molar refractivity (Wildman–Crippen MR) is 105 cm³/mol. The van der Waals surface area contributed by atoms with E-state index in [0.29, 0.717) is 23.1 Å². The van der Waals surface area contributed by atoms with Crippen LogP contribution in [0.3, 0.4) is 0 Å². The number of thiocarbonyl (C=S) groups is 2. The Morgan fingerprint density at radius 1 is 0.708 bits per heavy atom. The highest BCUT2D eigenvalue weighted by Crippen LogP contribution is 2.12. The fourth-order valence-corrected chi connectivity index (χ4v) is 2.52. The zero-order chi connectivity index (χ0) is 17.4. The van der Waals surface area contributed by atoms with Crippen molar-refractivity contribution in [3.8, 4) is 11.5 Å². The molecule has 0 aromatic heterocycles. The predicted octanol–water partition coefficient (Wildman–Crippen LogP) is 2.93. The van der Waals surface area contributed by atoms with Crippen LogP contribution >= 0.6 is 24.4 Å². The van der Waals surface area contributed by atoms with Gasteiger partial charge in [-0.15, -0.1) is 0 Å². The van der Waals surface area contributed by atoms with E-state index < -0.39 is 0 Å². The Bertz CT molecular complexity index is 624. The molecule has 0 atom stereocenters. The summed E-state index contributed by atoms with van der Waals surface area (Å²) in [5.74, 6) is 1.63. The first kappa shape index (κ1) is 18.2. The van der Waals surface area contributed by atoms with Crippen LogP contribution in [0.4, 0.5) is 0 Å². The molecule has 0 aliphatic rings. The van der Waals surface area contributed by atoms with Crippen molar-refractivity contribution < 1.29 is 9.47 Å². The Morgan fingerprint density at radius 3 is 1.33 bits per heavy atom. The van der Waals surface area contributed by atoms with Gasteiger partial charge in [-0.05, 0) is 48.5 Å². The van der Waals surface area contributed by atoms with Crippen LogP contribution in [0.25, 0.3) is 0 Å². The maximum absolute atomic E-state index is 5.37. The van der Waals surface area contributed by atoms with E-state index in [0.717, 1.165) is 22.6 Å². The van der Waals surface area contributed by atoms with Crippen molar-refractivity contribution in [1.29, 1.82) is 0 Å². The maximum atomic E-state index is 5.37. The molecule has 2 aromatic carbocycles. The van der Waals surface area contributed by atoms with Gasteiger partial charge in [0, 0.05) is 24.2 Å². The number of methoxy groups -OCH3 is 2. The van der Waals surface area contributed by atoms with Crippen LogP contribution < -0.4 is 20.1 Å². The third-order valence-electron chi connectivity index (χ3n) is 3.40. The Kier molecular flexibility index (Phi) is 6.96. The average molecular weight is 361 g/mol. The van der Waals surface area contributed by atoms with Crippen molar-refractivity contribution in [2.24, 2.45) is 0 Å². The number of ether oxygens (including phenoxy) is 2. The first-order valence-corrected chi connectivity index (χ1v) is 8.30. The lowest BCUT2D eigenvalue weighted by Gasteiger charge is -2.11. The number of benzene rings is 2. The summed E-state index contributed by atoms with van der Waals surface area (Å²) in [6, 6.07) is 15.3. The fraction of sp³-hybridized carbons (Fsp3) is 0.222. The van der Waals surface area contributed by atoms with E-state index in [2.05, 4.69) is 10.6 Å². The minimum atomic E-state index is 0.682. The van der Waals surface area contributed by atoms with E-state index in [4.69, 9.17) is 33.9 Å². The number of nitrogens with one attached hydrogen (secondary N) is 2. The Labute approximate surface area is 153 Å². The molecule has 4 nitrogen and oxygen atoms in total. The van der Waals surface area contributed by atoms with Crippen LogP contribution in [0.5, 0.6) is 11.5 Å². The van der Waals surface area contributed by atoms with Gasteiger partial charge in [0.05, 0.1) is 14.2 Å². The van der Waals surface area contributed by atoms with E-state index in [1.165, 1.54) is 0 Å². The fourth-order valence-electron chi connectivity index (χ4n) is 2.04. The number of hydrogen-bond donors (Lipinski definition) is 2. The monoisotopic (exact) mass is 360 g/mol. The molecule has 24 heavy (non-hydrogen) atoms. The highest BCUT2D eigenvalue weighted by Gasteiger charge is 2.03. The quantitative estimate of drug-likeness (QED) is 0.585. The first-order chi connectivity index (χ1) is 11.6. The second kappa shape index (κ2) is 9.20. The first-order valence-electron chi connectivity index (χ1n) is 7.48. The van der Waals surface area contributed by atoms with Gasteiger partial charge in [-0.2, -0.15) is 0 Å². The lowest BCUT2D eigenvalue weighted by Crippen LogP contribution is -2.33. The van der Waals surface area contributed by atoms with E-state index in [-0.39, 0.29) is 0 Å². The van der Waals surface area contributed by atoms with Crippen molar-refractivity contribution in [3.63, 3.8) is 0 Å². The van der Waals surface area contributed by atoms with E-state index in [9.17, 15) is 0 Å². The van der Waals surface area contributed by atoms with Gasteiger partial charge in [-0.25, -0.2) is 0 Å². The van der Waals surface area contributed by atoms with Gasteiger partial charge < -0.3 is 20.1 Å². The second-order valence-electron chi connectivity index (χ2n) is 4.97. The van der Waals surface area contributed by atoms with Crippen molar-refractivity contribution in [2.45, 2.75) is 0 Å². The zero-order valence-corrected chi connectivity index (χ0v) is 15.3. The largest absolute Gasteiger partial charge is 0.497 e. The Morgan fingerprint density at radius 2 is 1.04 bits per heavy atom. The molecule has 6 heteroatoms. The van der Waals surface area contributed by atoms with Gasteiger partial charge in [0.15, 0.2) is 0 Å². The minimum Gasteiger partial charge on any atom is -0.497 e. The molecule has 0 aliphatic heterocycles. The molecule has 0 spiro atoms. The molecule has 0 saturated carbocycles. The summed E-state index contributed by atoms with van der Waals surface area (Å²) in [4.78, 5) is 1.41. The van der Waals surface area contributed by atoms with E-state index in [1.807, 2.05) is 48.5 Å². The topological polar surface area (TPSA) is 42.5 Å². The molecule has 126 valence electrons. The van der Waals surface area contributed by atoms with Crippen LogP contribution in [0, 0.1) is 0 Å². The highest BCUT2D eigenvalue weighted by molar-refractivity contribution is 7.81.